The molecule has 0 nitrogen and oxygen atoms in total. The van der Waals surface area contributed by atoms with Gasteiger partial charge in [0.15, 0.2) is 0 Å². The average molecular weight is 196 g/mol. The molecule has 0 N–H and O–H groups in total. The molecule has 1 saturated carbocycles. The van der Waals surface area contributed by atoms with Gasteiger partial charge < -0.3 is 0 Å². The Kier molecular flexibility index (Phi) is 2.21. The second-order valence-corrected chi connectivity index (χ2v) is 4.54. The Morgan fingerprint density at radius 1 is 0.933 bits per heavy atom. The van der Waals surface area contributed by atoms with Crippen LogP contribution in [0.3, 0.4) is 0 Å². The zero-order chi connectivity index (χ0) is 10.1. The number of hydrogen-bond donors (Lipinski definition) is 0. The normalized spacial score (nSPS) is 20.1. The summed E-state index contributed by atoms with van der Waals surface area (Å²) in [7, 11) is 0. The van der Waals surface area contributed by atoms with Gasteiger partial charge in [-0.15, -0.1) is 0 Å². The number of benzene rings is 1. The maximum atomic E-state index is 2.34. The lowest BCUT2D eigenvalue weighted by Gasteiger charge is -2.07. The highest BCUT2D eigenvalue weighted by Crippen LogP contribution is 2.40. The molecule has 1 fully saturated rings. The SMILES string of the molecule is C1=CC(c2ccc(C3CC3)cc2)=CCC1. The molecule has 2 aliphatic rings. The third kappa shape index (κ3) is 1.90. The Balaban J connectivity index is 1.85. The highest BCUT2D eigenvalue weighted by molar-refractivity contribution is 5.74. The van der Waals surface area contributed by atoms with Crippen LogP contribution in [0.1, 0.15) is 42.7 Å². The first-order valence-electron chi connectivity index (χ1n) is 5.90. The van der Waals surface area contributed by atoms with Crippen molar-refractivity contribution in [2.75, 3.05) is 0 Å². The fraction of sp³-hybridized carbons (Fsp3) is 0.333. The van der Waals surface area contributed by atoms with Crippen molar-refractivity contribution in [3.63, 3.8) is 0 Å². The summed E-state index contributed by atoms with van der Waals surface area (Å²) < 4.78 is 0. The van der Waals surface area contributed by atoms with E-state index in [0.29, 0.717) is 0 Å². The highest BCUT2D eigenvalue weighted by atomic mass is 14.3. The summed E-state index contributed by atoms with van der Waals surface area (Å²) in [6, 6.07) is 9.15. The van der Waals surface area contributed by atoms with Crippen LogP contribution in [0.15, 0.2) is 42.5 Å². The molecule has 0 radical (unpaired) electrons. The molecule has 0 atom stereocenters. The average Bonchev–Trinajstić information content (AvgIpc) is 3.15. The summed E-state index contributed by atoms with van der Waals surface area (Å²) in [5.41, 5.74) is 4.29. The maximum absolute atomic E-state index is 2.34. The topological polar surface area (TPSA) is 0 Å². The van der Waals surface area contributed by atoms with Crippen molar-refractivity contribution in [3.05, 3.63) is 53.6 Å². The van der Waals surface area contributed by atoms with Crippen molar-refractivity contribution in [1.29, 1.82) is 0 Å². The lowest BCUT2D eigenvalue weighted by molar-refractivity contribution is 1.04. The number of allylic oxidation sites excluding steroid dienone is 4. The van der Waals surface area contributed by atoms with Crippen molar-refractivity contribution in [1.82, 2.24) is 0 Å². The standard InChI is InChI=1S/C15H16/c1-2-4-12(5-3-1)13-6-8-14(9-7-13)15-10-11-15/h2,4-9,15H,1,3,10-11H2. The minimum absolute atomic E-state index is 0.870. The molecule has 2 aliphatic carbocycles. The minimum Gasteiger partial charge on any atom is -0.0836 e. The summed E-state index contributed by atoms with van der Waals surface area (Å²) in [5, 5.41) is 0. The van der Waals surface area contributed by atoms with Crippen LogP contribution < -0.4 is 0 Å². The van der Waals surface area contributed by atoms with E-state index in [0.717, 1.165) is 5.92 Å². The van der Waals surface area contributed by atoms with E-state index in [-0.39, 0.29) is 0 Å². The molecule has 0 amide bonds. The fourth-order valence-corrected chi connectivity index (χ4v) is 2.19. The Morgan fingerprint density at radius 2 is 1.73 bits per heavy atom. The Hall–Kier alpha value is -1.30. The smallest absolute Gasteiger partial charge is 0.0162 e. The van der Waals surface area contributed by atoms with Gasteiger partial charge in [0, 0.05) is 0 Å². The van der Waals surface area contributed by atoms with Gasteiger partial charge in [0.25, 0.3) is 0 Å². The largest absolute Gasteiger partial charge is 0.0836 e. The first-order chi connectivity index (χ1) is 7.43. The molecular formula is C15H16. The van der Waals surface area contributed by atoms with Crippen LogP contribution in [0.25, 0.3) is 5.57 Å². The lowest BCUT2D eigenvalue weighted by atomic mass is 9.98. The molecule has 0 spiro atoms. The maximum Gasteiger partial charge on any atom is -0.0162 e. The van der Waals surface area contributed by atoms with E-state index in [1.54, 1.807) is 0 Å². The van der Waals surface area contributed by atoms with Crippen molar-refractivity contribution in [2.45, 2.75) is 31.6 Å². The van der Waals surface area contributed by atoms with E-state index in [1.165, 1.54) is 42.4 Å². The molecule has 0 bridgehead atoms. The van der Waals surface area contributed by atoms with E-state index in [4.69, 9.17) is 0 Å². The molecule has 15 heavy (non-hydrogen) atoms. The zero-order valence-corrected chi connectivity index (χ0v) is 8.95. The highest BCUT2D eigenvalue weighted by Gasteiger charge is 2.22. The molecule has 0 unspecified atom stereocenters. The van der Waals surface area contributed by atoms with E-state index >= 15 is 0 Å². The quantitative estimate of drug-likeness (QED) is 0.661. The van der Waals surface area contributed by atoms with Crippen molar-refractivity contribution >= 4 is 5.57 Å². The zero-order valence-electron chi connectivity index (χ0n) is 8.95. The van der Waals surface area contributed by atoms with Gasteiger partial charge in [0.1, 0.15) is 0 Å². The van der Waals surface area contributed by atoms with Crippen LogP contribution in [0.2, 0.25) is 0 Å². The molecule has 0 heterocycles. The third-order valence-electron chi connectivity index (χ3n) is 3.29. The van der Waals surface area contributed by atoms with Gasteiger partial charge in [-0.25, -0.2) is 0 Å². The first kappa shape index (κ1) is 8.96. The van der Waals surface area contributed by atoms with E-state index in [1.807, 2.05) is 0 Å². The van der Waals surface area contributed by atoms with Gasteiger partial charge in [-0.05, 0) is 48.3 Å². The van der Waals surface area contributed by atoms with Gasteiger partial charge in [-0.2, -0.15) is 0 Å². The number of rotatable bonds is 2. The molecule has 0 heteroatoms. The molecule has 1 aromatic carbocycles. The predicted octanol–water partition coefficient (Wildman–Crippen LogP) is 4.30. The summed E-state index contributed by atoms with van der Waals surface area (Å²) in [5.74, 6) is 0.870. The molecule has 0 aliphatic heterocycles. The van der Waals surface area contributed by atoms with Gasteiger partial charge in [0.2, 0.25) is 0 Å². The van der Waals surface area contributed by atoms with E-state index < -0.39 is 0 Å². The Morgan fingerprint density at radius 3 is 2.33 bits per heavy atom. The van der Waals surface area contributed by atoms with Crippen LogP contribution in [-0.4, -0.2) is 0 Å². The first-order valence-corrected chi connectivity index (χ1v) is 5.90. The molecule has 1 aromatic rings. The van der Waals surface area contributed by atoms with Gasteiger partial charge >= 0.3 is 0 Å². The van der Waals surface area contributed by atoms with E-state index in [2.05, 4.69) is 42.5 Å². The molecule has 0 saturated heterocycles. The minimum atomic E-state index is 0.870. The van der Waals surface area contributed by atoms with Gasteiger partial charge in [0.05, 0.1) is 0 Å². The van der Waals surface area contributed by atoms with Crippen molar-refractivity contribution in [3.8, 4) is 0 Å². The van der Waals surface area contributed by atoms with Crippen LogP contribution in [-0.2, 0) is 0 Å². The molecule has 76 valence electrons. The second kappa shape index (κ2) is 3.69. The van der Waals surface area contributed by atoms with Gasteiger partial charge in [-0.1, -0.05) is 42.5 Å². The summed E-state index contributed by atoms with van der Waals surface area (Å²) in [6.45, 7) is 0. The Bertz CT molecular complexity index is 402. The van der Waals surface area contributed by atoms with Crippen LogP contribution in [0.4, 0.5) is 0 Å². The summed E-state index contributed by atoms with van der Waals surface area (Å²) in [6.07, 6.45) is 12.0. The second-order valence-electron chi connectivity index (χ2n) is 4.54. The van der Waals surface area contributed by atoms with Crippen molar-refractivity contribution < 1.29 is 0 Å². The summed E-state index contributed by atoms with van der Waals surface area (Å²) in [4.78, 5) is 0. The van der Waals surface area contributed by atoms with Crippen molar-refractivity contribution in [2.24, 2.45) is 0 Å². The van der Waals surface area contributed by atoms with Gasteiger partial charge in [-0.3, -0.25) is 0 Å². The molecular weight excluding hydrogens is 180 g/mol. The monoisotopic (exact) mass is 196 g/mol. The van der Waals surface area contributed by atoms with Crippen LogP contribution >= 0.6 is 0 Å². The lowest BCUT2D eigenvalue weighted by Crippen LogP contribution is -1.86. The molecule has 0 aromatic heterocycles. The summed E-state index contributed by atoms with van der Waals surface area (Å²) >= 11 is 0. The number of hydrogen-bond acceptors (Lipinski definition) is 0. The van der Waals surface area contributed by atoms with Crippen LogP contribution in [0.5, 0.6) is 0 Å². The molecule has 3 rings (SSSR count). The third-order valence-corrected chi connectivity index (χ3v) is 3.29. The van der Waals surface area contributed by atoms with Crippen LogP contribution in [0, 0.1) is 0 Å². The predicted molar refractivity (Wildman–Crippen MR) is 64.8 cm³/mol. The van der Waals surface area contributed by atoms with E-state index in [9.17, 15) is 0 Å². The Labute approximate surface area is 91.3 Å². The fourth-order valence-electron chi connectivity index (χ4n) is 2.19.